The molecule has 0 amide bonds. The van der Waals surface area contributed by atoms with Crippen LogP contribution in [0.2, 0.25) is 0 Å². The van der Waals surface area contributed by atoms with Crippen molar-refractivity contribution in [2.24, 2.45) is 0 Å². The zero-order valence-corrected chi connectivity index (χ0v) is 8.45. The summed E-state index contributed by atoms with van der Waals surface area (Å²) in [6.07, 6.45) is 1.91. The van der Waals surface area contributed by atoms with Gasteiger partial charge in [-0.1, -0.05) is 12.1 Å². The minimum Gasteiger partial charge on any atom is -0.494 e. The Morgan fingerprint density at radius 2 is 2.36 bits per heavy atom. The van der Waals surface area contributed by atoms with Gasteiger partial charge in [0.05, 0.1) is 17.4 Å². The standard InChI is InChI=1S/C12H13NO/c1-3-10(2)14-9-12-6-4-5-11(7-12)8-13/h3-7H,9H2,1-2H3. The van der Waals surface area contributed by atoms with E-state index < -0.39 is 0 Å². The second-order valence-corrected chi connectivity index (χ2v) is 3.00. The van der Waals surface area contributed by atoms with Crippen LogP contribution in [0.5, 0.6) is 0 Å². The zero-order chi connectivity index (χ0) is 10.4. The molecule has 0 unspecified atom stereocenters. The van der Waals surface area contributed by atoms with Gasteiger partial charge in [-0.25, -0.2) is 0 Å². The van der Waals surface area contributed by atoms with E-state index in [2.05, 4.69) is 6.07 Å². The van der Waals surface area contributed by atoms with Crippen molar-refractivity contribution in [2.75, 3.05) is 0 Å². The highest BCUT2D eigenvalue weighted by Gasteiger charge is 1.95. The molecule has 0 bridgehead atoms. The van der Waals surface area contributed by atoms with Crippen molar-refractivity contribution >= 4 is 0 Å². The van der Waals surface area contributed by atoms with Crippen molar-refractivity contribution in [3.8, 4) is 6.07 Å². The van der Waals surface area contributed by atoms with Crippen LogP contribution < -0.4 is 0 Å². The average molecular weight is 187 g/mol. The SMILES string of the molecule is CC=C(C)OCc1cccc(C#N)c1. The molecule has 2 nitrogen and oxygen atoms in total. The van der Waals surface area contributed by atoms with Crippen LogP contribution in [-0.4, -0.2) is 0 Å². The van der Waals surface area contributed by atoms with Gasteiger partial charge in [-0.2, -0.15) is 5.26 Å². The maximum Gasteiger partial charge on any atom is 0.113 e. The molecule has 0 N–H and O–H groups in total. The van der Waals surface area contributed by atoms with Gasteiger partial charge in [-0.15, -0.1) is 0 Å². The highest BCUT2D eigenvalue weighted by molar-refractivity contribution is 5.32. The van der Waals surface area contributed by atoms with Crippen molar-refractivity contribution in [3.05, 3.63) is 47.2 Å². The number of nitriles is 1. The smallest absolute Gasteiger partial charge is 0.113 e. The van der Waals surface area contributed by atoms with E-state index in [1.807, 2.05) is 38.1 Å². The Balaban J connectivity index is 2.64. The highest BCUT2D eigenvalue weighted by atomic mass is 16.5. The Kier molecular flexibility index (Phi) is 3.75. The number of allylic oxidation sites excluding steroid dienone is 2. The molecule has 0 saturated carbocycles. The van der Waals surface area contributed by atoms with Crippen LogP contribution in [-0.2, 0) is 11.3 Å². The van der Waals surface area contributed by atoms with E-state index in [1.165, 1.54) is 0 Å². The first-order valence-corrected chi connectivity index (χ1v) is 4.51. The van der Waals surface area contributed by atoms with Gasteiger partial charge in [0.25, 0.3) is 0 Å². The fraction of sp³-hybridized carbons (Fsp3) is 0.250. The molecule has 0 atom stereocenters. The van der Waals surface area contributed by atoms with Crippen molar-refractivity contribution in [1.29, 1.82) is 5.26 Å². The Bertz CT molecular complexity index is 374. The van der Waals surface area contributed by atoms with Crippen molar-refractivity contribution in [1.82, 2.24) is 0 Å². The van der Waals surface area contributed by atoms with Gasteiger partial charge in [0.15, 0.2) is 0 Å². The van der Waals surface area contributed by atoms with Crippen molar-refractivity contribution in [3.63, 3.8) is 0 Å². The summed E-state index contributed by atoms with van der Waals surface area (Å²) in [6.45, 7) is 4.36. The molecule has 72 valence electrons. The predicted octanol–water partition coefficient (Wildman–Crippen LogP) is 3.00. The van der Waals surface area contributed by atoms with Gasteiger partial charge in [0, 0.05) is 0 Å². The van der Waals surface area contributed by atoms with E-state index >= 15 is 0 Å². The van der Waals surface area contributed by atoms with E-state index in [0.717, 1.165) is 11.3 Å². The molecule has 0 spiro atoms. The number of nitrogens with zero attached hydrogens (tertiary/aromatic N) is 1. The number of ether oxygens (including phenoxy) is 1. The number of hydrogen-bond donors (Lipinski definition) is 0. The lowest BCUT2D eigenvalue weighted by atomic mass is 10.1. The minimum atomic E-state index is 0.520. The molecular formula is C12H13NO. The lowest BCUT2D eigenvalue weighted by molar-refractivity contribution is 0.200. The first kappa shape index (κ1) is 10.3. The molecule has 2 heteroatoms. The van der Waals surface area contributed by atoms with Crippen LogP contribution in [0.4, 0.5) is 0 Å². The first-order chi connectivity index (χ1) is 6.76. The van der Waals surface area contributed by atoms with E-state index in [0.29, 0.717) is 12.2 Å². The van der Waals surface area contributed by atoms with Crippen LogP contribution in [0.25, 0.3) is 0 Å². The molecule has 0 fully saturated rings. The third-order valence-corrected chi connectivity index (χ3v) is 1.93. The lowest BCUT2D eigenvalue weighted by Crippen LogP contribution is -1.91. The number of rotatable bonds is 3. The van der Waals surface area contributed by atoms with Gasteiger partial charge >= 0.3 is 0 Å². The Morgan fingerprint density at radius 3 is 3.00 bits per heavy atom. The van der Waals surface area contributed by atoms with Gasteiger partial charge in [0.1, 0.15) is 6.61 Å². The second-order valence-electron chi connectivity index (χ2n) is 3.00. The third kappa shape index (κ3) is 2.95. The van der Waals surface area contributed by atoms with Crippen LogP contribution in [0.1, 0.15) is 25.0 Å². The Morgan fingerprint density at radius 1 is 1.57 bits per heavy atom. The Hall–Kier alpha value is -1.75. The lowest BCUT2D eigenvalue weighted by Gasteiger charge is -2.05. The molecule has 1 rings (SSSR count). The average Bonchev–Trinajstić information content (AvgIpc) is 2.26. The van der Waals surface area contributed by atoms with Crippen LogP contribution in [0.15, 0.2) is 36.1 Å². The predicted molar refractivity (Wildman–Crippen MR) is 55.4 cm³/mol. The Labute approximate surface area is 84.4 Å². The molecule has 0 radical (unpaired) electrons. The molecule has 0 aliphatic heterocycles. The molecule has 0 saturated heterocycles. The normalized spacial score (nSPS) is 10.8. The molecule has 0 aliphatic carbocycles. The van der Waals surface area contributed by atoms with E-state index in [9.17, 15) is 0 Å². The largest absolute Gasteiger partial charge is 0.494 e. The molecule has 1 aromatic carbocycles. The fourth-order valence-electron chi connectivity index (χ4n) is 1.01. The van der Waals surface area contributed by atoms with Gasteiger partial charge in [0.2, 0.25) is 0 Å². The summed E-state index contributed by atoms with van der Waals surface area (Å²) in [5, 5.41) is 8.68. The minimum absolute atomic E-state index is 0.520. The summed E-state index contributed by atoms with van der Waals surface area (Å²) in [5.74, 6) is 0.896. The summed E-state index contributed by atoms with van der Waals surface area (Å²) >= 11 is 0. The van der Waals surface area contributed by atoms with Crippen LogP contribution >= 0.6 is 0 Å². The highest BCUT2D eigenvalue weighted by Crippen LogP contribution is 2.07. The first-order valence-electron chi connectivity index (χ1n) is 4.51. The summed E-state index contributed by atoms with van der Waals surface area (Å²) in [4.78, 5) is 0. The fourth-order valence-corrected chi connectivity index (χ4v) is 1.01. The van der Waals surface area contributed by atoms with Crippen molar-refractivity contribution in [2.45, 2.75) is 20.5 Å². The molecule has 0 aliphatic rings. The van der Waals surface area contributed by atoms with E-state index in [4.69, 9.17) is 10.00 Å². The second kappa shape index (κ2) is 5.08. The van der Waals surface area contributed by atoms with Gasteiger partial charge in [-0.3, -0.25) is 0 Å². The molecule has 1 aromatic rings. The van der Waals surface area contributed by atoms with Crippen LogP contribution in [0.3, 0.4) is 0 Å². The summed E-state index contributed by atoms with van der Waals surface area (Å²) < 4.78 is 5.43. The summed E-state index contributed by atoms with van der Waals surface area (Å²) in [7, 11) is 0. The molecular weight excluding hydrogens is 174 g/mol. The summed E-state index contributed by atoms with van der Waals surface area (Å²) in [6, 6.07) is 9.53. The maximum atomic E-state index is 8.68. The monoisotopic (exact) mass is 187 g/mol. The molecule has 14 heavy (non-hydrogen) atoms. The van der Waals surface area contributed by atoms with Crippen LogP contribution in [0, 0.1) is 11.3 Å². The number of benzene rings is 1. The summed E-state index contributed by atoms with van der Waals surface area (Å²) in [5.41, 5.74) is 1.69. The zero-order valence-electron chi connectivity index (χ0n) is 8.45. The maximum absolute atomic E-state index is 8.68. The topological polar surface area (TPSA) is 33.0 Å². The third-order valence-electron chi connectivity index (χ3n) is 1.93. The van der Waals surface area contributed by atoms with Crippen molar-refractivity contribution < 1.29 is 4.74 Å². The van der Waals surface area contributed by atoms with E-state index in [-0.39, 0.29) is 0 Å². The quantitative estimate of drug-likeness (QED) is 0.681. The van der Waals surface area contributed by atoms with Gasteiger partial charge < -0.3 is 4.74 Å². The molecule has 0 aromatic heterocycles. The van der Waals surface area contributed by atoms with E-state index in [1.54, 1.807) is 6.07 Å². The molecule has 0 heterocycles. The number of hydrogen-bond acceptors (Lipinski definition) is 2. The van der Waals surface area contributed by atoms with Gasteiger partial charge in [-0.05, 0) is 37.6 Å².